The van der Waals surface area contributed by atoms with Gasteiger partial charge in [-0.15, -0.1) is 0 Å². The fourth-order valence-electron chi connectivity index (χ4n) is 10.8. The predicted octanol–water partition coefficient (Wildman–Crippen LogP) is 19.3. The lowest BCUT2D eigenvalue weighted by molar-refractivity contribution is 0.634. The molecule has 2 heterocycles. The molecule has 0 amide bonds. The summed E-state index contributed by atoms with van der Waals surface area (Å²) in [5.41, 5.74) is 19.5. The van der Waals surface area contributed by atoms with E-state index in [1.165, 1.54) is 55.9 Å². The van der Waals surface area contributed by atoms with Crippen molar-refractivity contribution in [1.29, 1.82) is 0 Å². The second-order valence-corrected chi connectivity index (χ2v) is 18.8. The van der Waals surface area contributed by atoms with Crippen LogP contribution in [0.1, 0.15) is 22.3 Å². The van der Waals surface area contributed by atoms with E-state index >= 15 is 0 Å². The van der Waals surface area contributed by atoms with E-state index in [1.54, 1.807) is 0 Å². The summed E-state index contributed by atoms with van der Waals surface area (Å²) < 4.78 is 13.7. The molecule has 0 bridgehead atoms. The molecule has 0 radical (unpaired) electrons. The Balaban J connectivity index is 0.920. The van der Waals surface area contributed by atoms with E-state index in [0.717, 1.165) is 88.2 Å². The summed E-state index contributed by atoms with van der Waals surface area (Å²) in [6.45, 7) is 8.79. The molecule has 13 aromatic rings. The monoisotopic (exact) mass is 900 g/mol. The molecule has 70 heavy (non-hydrogen) atoms. The van der Waals surface area contributed by atoms with E-state index in [2.05, 4.69) is 256 Å². The molecule has 0 saturated carbocycles. The third-order valence-electron chi connectivity index (χ3n) is 14.2. The number of nitrogens with zero attached hydrogens (tertiary/aromatic N) is 2. The standard InChI is InChI=1S/C66H48N2O2/c1-41-15-11-16-42(2)63(41)67(53-25-13-23-47(33-53)45-19-7-5-8-20-45)55-29-27-49-37-59-57-31-32-58-60-38-50-28-30-56(36-52(50)40-62(60)70-66(58)65(57)69-61(59)39-51(49)35-55)68(64-43(3)17-12-18-44(64)4)54-26-14-24-48(34-54)46-21-9-6-10-22-46/h5-40H,1-4H3. The van der Waals surface area contributed by atoms with Gasteiger partial charge in [0.15, 0.2) is 11.2 Å². The number of anilines is 6. The second kappa shape index (κ2) is 16.4. The largest absolute Gasteiger partial charge is 0.452 e. The van der Waals surface area contributed by atoms with Gasteiger partial charge in [0.1, 0.15) is 11.2 Å². The molecule has 334 valence electrons. The van der Waals surface area contributed by atoms with Crippen LogP contribution in [-0.2, 0) is 0 Å². The topological polar surface area (TPSA) is 32.8 Å². The number of aryl methyl sites for hydroxylation is 4. The minimum Gasteiger partial charge on any atom is -0.452 e. The highest BCUT2D eigenvalue weighted by Gasteiger charge is 2.22. The zero-order valence-electron chi connectivity index (χ0n) is 39.5. The van der Waals surface area contributed by atoms with Crippen molar-refractivity contribution < 1.29 is 8.83 Å². The normalized spacial score (nSPS) is 11.7. The highest BCUT2D eigenvalue weighted by atomic mass is 16.4. The average Bonchev–Trinajstić information content (AvgIpc) is 3.95. The Morgan fingerprint density at radius 3 is 1.06 bits per heavy atom. The highest BCUT2D eigenvalue weighted by molar-refractivity contribution is 6.21. The first-order valence-corrected chi connectivity index (χ1v) is 24.1. The van der Waals surface area contributed by atoms with Crippen molar-refractivity contribution in [3.63, 3.8) is 0 Å². The van der Waals surface area contributed by atoms with Gasteiger partial charge in [-0.25, -0.2) is 0 Å². The molecule has 0 aliphatic heterocycles. The van der Waals surface area contributed by atoms with Crippen molar-refractivity contribution >= 4 is 99.5 Å². The number of para-hydroxylation sites is 2. The number of furan rings is 2. The fraction of sp³-hybridized carbons (Fsp3) is 0.0606. The Bertz CT molecular complexity index is 3870. The zero-order valence-corrected chi connectivity index (χ0v) is 39.5. The Morgan fingerprint density at radius 1 is 0.271 bits per heavy atom. The van der Waals surface area contributed by atoms with Crippen molar-refractivity contribution in [2.24, 2.45) is 0 Å². The maximum Gasteiger partial charge on any atom is 0.178 e. The third-order valence-corrected chi connectivity index (χ3v) is 14.2. The number of rotatable bonds is 8. The summed E-state index contributed by atoms with van der Waals surface area (Å²) in [4.78, 5) is 4.80. The predicted molar refractivity (Wildman–Crippen MR) is 295 cm³/mol. The molecule has 4 heteroatoms. The molecule has 0 aliphatic rings. The number of hydrogen-bond acceptors (Lipinski definition) is 4. The number of benzene rings is 11. The van der Waals surface area contributed by atoms with Crippen molar-refractivity contribution in [2.45, 2.75) is 27.7 Å². The van der Waals surface area contributed by atoms with Crippen molar-refractivity contribution in [2.75, 3.05) is 9.80 Å². The van der Waals surface area contributed by atoms with Gasteiger partial charge in [-0.2, -0.15) is 0 Å². The average molecular weight is 901 g/mol. The van der Waals surface area contributed by atoms with Crippen LogP contribution in [0, 0.1) is 27.7 Å². The molecular weight excluding hydrogens is 853 g/mol. The fourth-order valence-corrected chi connectivity index (χ4v) is 10.8. The molecule has 0 aliphatic carbocycles. The van der Waals surface area contributed by atoms with E-state index in [9.17, 15) is 0 Å². The Hall–Kier alpha value is -8.86. The number of fused-ring (bicyclic) bond motifs is 9. The Morgan fingerprint density at radius 2 is 0.643 bits per heavy atom. The van der Waals surface area contributed by atoms with Gasteiger partial charge in [0.2, 0.25) is 0 Å². The van der Waals surface area contributed by atoms with Crippen LogP contribution in [0.3, 0.4) is 0 Å². The molecule has 13 rings (SSSR count). The van der Waals surface area contributed by atoms with E-state index in [1.807, 2.05) is 0 Å². The number of hydrogen-bond donors (Lipinski definition) is 0. The van der Waals surface area contributed by atoms with Gasteiger partial charge in [0.05, 0.1) is 11.4 Å². The van der Waals surface area contributed by atoms with Gasteiger partial charge in [-0.3, -0.25) is 0 Å². The lowest BCUT2D eigenvalue weighted by Gasteiger charge is -2.29. The maximum absolute atomic E-state index is 6.87. The van der Waals surface area contributed by atoms with E-state index < -0.39 is 0 Å². The Labute approximate surface area is 406 Å². The van der Waals surface area contributed by atoms with Gasteiger partial charge in [0, 0.05) is 44.3 Å². The summed E-state index contributed by atoms with van der Waals surface area (Å²) >= 11 is 0. The first kappa shape index (κ1) is 41.3. The van der Waals surface area contributed by atoms with Gasteiger partial charge in [0.25, 0.3) is 0 Å². The van der Waals surface area contributed by atoms with E-state index in [-0.39, 0.29) is 0 Å². The molecule has 0 spiro atoms. The first-order chi connectivity index (χ1) is 34.3. The molecule has 11 aromatic carbocycles. The van der Waals surface area contributed by atoms with E-state index in [4.69, 9.17) is 8.83 Å². The molecule has 0 fully saturated rings. The Kier molecular flexibility index (Phi) is 9.70. The lowest BCUT2D eigenvalue weighted by atomic mass is 10.0. The van der Waals surface area contributed by atoms with Crippen LogP contribution in [-0.4, -0.2) is 0 Å². The van der Waals surface area contributed by atoms with Gasteiger partial charge in [-0.1, -0.05) is 133 Å². The first-order valence-electron chi connectivity index (χ1n) is 24.1. The quantitative estimate of drug-likeness (QED) is 0.152. The van der Waals surface area contributed by atoms with Crippen molar-refractivity contribution in [3.05, 3.63) is 241 Å². The summed E-state index contributed by atoms with van der Waals surface area (Å²) in [5, 5.41) is 8.70. The minimum atomic E-state index is 0.762. The maximum atomic E-state index is 6.87. The summed E-state index contributed by atoms with van der Waals surface area (Å²) in [7, 11) is 0. The molecule has 0 N–H and O–H groups in total. The van der Waals surface area contributed by atoms with E-state index in [0.29, 0.717) is 0 Å². The highest BCUT2D eigenvalue weighted by Crippen LogP contribution is 2.46. The summed E-state index contributed by atoms with van der Waals surface area (Å²) in [5.74, 6) is 0. The molecular formula is C66H48N2O2. The second-order valence-electron chi connectivity index (χ2n) is 18.8. The summed E-state index contributed by atoms with van der Waals surface area (Å²) in [6, 6.07) is 78.8. The molecule has 4 nitrogen and oxygen atoms in total. The van der Waals surface area contributed by atoms with Crippen molar-refractivity contribution in [1.82, 2.24) is 0 Å². The van der Waals surface area contributed by atoms with Crippen LogP contribution in [0.5, 0.6) is 0 Å². The molecule has 0 unspecified atom stereocenters. The molecule has 2 aromatic heterocycles. The third kappa shape index (κ3) is 6.91. The van der Waals surface area contributed by atoms with Crippen LogP contribution >= 0.6 is 0 Å². The van der Waals surface area contributed by atoms with Crippen LogP contribution < -0.4 is 9.80 Å². The van der Waals surface area contributed by atoms with Gasteiger partial charge >= 0.3 is 0 Å². The van der Waals surface area contributed by atoms with Gasteiger partial charge in [-0.05, 0) is 179 Å². The SMILES string of the molecule is Cc1cccc(C)c1N(c1cccc(-c2ccccc2)c1)c1ccc2cc3c(cc2c1)oc1c3ccc2c3cc4ccc(N(c5cccc(-c6ccccc6)c5)c5c(C)cccc5C)cc4cc3oc21. The smallest absolute Gasteiger partial charge is 0.178 e. The van der Waals surface area contributed by atoms with Crippen LogP contribution in [0.4, 0.5) is 34.1 Å². The van der Waals surface area contributed by atoms with Gasteiger partial charge < -0.3 is 18.6 Å². The van der Waals surface area contributed by atoms with Crippen LogP contribution in [0.25, 0.3) is 87.7 Å². The zero-order chi connectivity index (χ0) is 47.0. The minimum absolute atomic E-state index is 0.762. The molecule has 0 saturated heterocycles. The van der Waals surface area contributed by atoms with Crippen LogP contribution in [0.15, 0.2) is 227 Å². The van der Waals surface area contributed by atoms with Crippen LogP contribution in [0.2, 0.25) is 0 Å². The lowest BCUT2D eigenvalue weighted by Crippen LogP contribution is -2.13. The summed E-state index contributed by atoms with van der Waals surface area (Å²) in [6.07, 6.45) is 0. The van der Waals surface area contributed by atoms with Crippen molar-refractivity contribution in [3.8, 4) is 22.3 Å². The molecule has 0 atom stereocenters.